The van der Waals surface area contributed by atoms with Crippen LogP contribution < -0.4 is 5.32 Å². The van der Waals surface area contributed by atoms with Gasteiger partial charge in [-0.1, -0.05) is 6.92 Å². The van der Waals surface area contributed by atoms with Crippen LogP contribution >= 0.6 is 0 Å². The fourth-order valence-electron chi connectivity index (χ4n) is 0.872. The van der Waals surface area contributed by atoms with E-state index in [4.69, 9.17) is 0 Å². The quantitative estimate of drug-likeness (QED) is 0.614. The molecule has 0 aromatic heterocycles. The van der Waals surface area contributed by atoms with Crippen molar-refractivity contribution in [1.29, 1.82) is 0 Å². The van der Waals surface area contributed by atoms with Crippen LogP contribution in [0.2, 0.25) is 0 Å². The Bertz CT molecular complexity index is 123. The number of hydrogen-bond donors (Lipinski definition) is 1. The van der Waals surface area contributed by atoms with Crippen LogP contribution in [-0.4, -0.2) is 30.1 Å². The monoisotopic (exact) mass is 158 g/mol. The molecule has 0 bridgehead atoms. The lowest BCUT2D eigenvalue weighted by Gasteiger charge is -2.24. The molecule has 0 unspecified atom stereocenters. The topological polar surface area (TPSA) is 32.3 Å². The lowest BCUT2D eigenvalue weighted by Crippen LogP contribution is -2.40. The highest BCUT2D eigenvalue weighted by Gasteiger charge is 2.05. The summed E-state index contributed by atoms with van der Waals surface area (Å²) in [6.45, 7) is 9.48. The molecule has 0 saturated carbocycles. The van der Waals surface area contributed by atoms with Gasteiger partial charge in [0.2, 0.25) is 5.91 Å². The molecule has 0 radical (unpaired) electrons. The lowest BCUT2D eigenvalue weighted by atomic mass is 10.3. The normalized spacial score (nSPS) is 10.7. The third-order valence-electron chi connectivity index (χ3n) is 1.67. The van der Waals surface area contributed by atoms with Gasteiger partial charge in [0, 0.05) is 13.0 Å². The Morgan fingerprint density at radius 1 is 1.55 bits per heavy atom. The maximum absolute atomic E-state index is 10.5. The molecule has 0 saturated heterocycles. The molecule has 0 spiro atoms. The Kier molecular flexibility index (Phi) is 4.86. The minimum Gasteiger partial charge on any atom is -0.344 e. The fraction of sp³-hybridized carbons (Fsp3) is 0.875. The van der Waals surface area contributed by atoms with E-state index in [1.807, 2.05) is 0 Å². The van der Waals surface area contributed by atoms with Gasteiger partial charge in [-0.3, -0.25) is 9.69 Å². The number of rotatable bonds is 4. The second-order valence-corrected chi connectivity index (χ2v) is 2.89. The molecule has 0 heterocycles. The van der Waals surface area contributed by atoms with Gasteiger partial charge in [0.1, 0.15) is 0 Å². The van der Waals surface area contributed by atoms with Crippen molar-refractivity contribution in [2.45, 2.75) is 33.7 Å². The lowest BCUT2D eigenvalue weighted by molar-refractivity contribution is -0.119. The number of carbonyl (C=O) groups excluding carboxylic acids is 1. The van der Waals surface area contributed by atoms with Crippen molar-refractivity contribution >= 4 is 5.91 Å². The van der Waals surface area contributed by atoms with Gasteiger partial charge in [0.05, 0.1) is 6.67 Å². The first kappa shape index (κ1) is 10.4. The Labute approximate surface area is 68.8 Å². The van der Waals surface area contributed by atoms with Gasteiger partial charge in [-0.2, -0.15) is 0 Å². The molecule has 11 heavy (non-hydrogen) atoms. The Balaban J connectivity index is 3.61. The van der Waals surface area contributed by atoms with Crippen LogP contribution in [0.15, 0.2) is 0 Å². The maximum atomic E-state index is 10.5. The summed E-state index contributed by atoms with van der Waals surface area (Å²) in [6, 6.07) is 0.492. The van der Waals surface area contributed by atoms with E-state index in [1.165, 1.54) is 6.92 Å². The summed E-state index contributed by atoms with van der Waals surface area (Å²) in [7, 11) is 0. The van der Waals surface area contributed by atoms with Crippen molar-refractivity contribution in [1.82, 2.24) is 10.2 Å². The van der Waals surface area contributed by atoms with E-state index in [0.717, 1.165) is 6.54 Å². The number of carbonyl (C=O) groups is 1. The highest BCUT2D eigenvalue weighted by Crippen LogP contribution is 1.93. The molecule has 0 aromatic carbocycles. The highest BCUT2D eigenvalue weighted by molar-refractivity contribution is 5.72. The molecule has 0 aliphatic heterocycles. The summed E-state index contributed by atoms with van der Waals surface area (Å²) in [5, 5.41) is 2.76. The van der Waals surface area contributed by atoms with Crippen LogP contribution in [0.25, 0.3) is 0 Å². The van der Waals surface area contributed by atoms with Crippen molar-refractivity contribution in [2.75, 3.05) is 13.2 Å². The van der Waals surface area contributed by atoms with E-state index >= 15 is 0 Å². The summed E-state index contributed by atoms with van der Waals surface area (Å²) < 4.78 is 0. The van der Waals surface area contributed by atoms with Crippen molar-refractivity contribution in [2.24, 2.45) is 0 Å². The minimum absolute atomic E-state index is 0.0316. The third-order valence-corrected chi connectivity index (χ3v) is 1.67. The molecule has 3 nitrogen and oxygen atoms in total. The SMILES string of the molecule is CCN(CNC(C)=O)C(C)C. The van der Waals surface area contributed by atoms with Gasteiger partial charge >= 0.3 is 0 Å². The van der Waals surface area contributed by atoms with Crippen LogP contribution in [0, 0.1) is 0 Å². The number of nitrogens with one attached hydrogen (secondary N) is 1. The molecule has 66 valence electrons. The molecular weight excluding hydrogens is 140 g/mol. The minimum atomic E-state index is 0.0316. The zero-order chi connectivity index (χ0) is 8.85. The first-order valence-corrected chi connectivity index (χ1v) is 4.06. The van der Waals surface area contributed by atoms with E-state index in [-0.39, 0.29) is 5.91 Å². The smallest absolute Gasteiger partial charge is 0.217 e. The third kappa shape index (κ3) is 4.79. The standard InChI is InChI=1S/C8H18N2O/c1-5-10(7(2)3)6-9-8(4)11/h7H,5-6H2,1-4H3,(H,9,11). The van der Waals surface area contributed by atoms with E-state index in [1.54, 1.807) is 0 Å². The molecule has 0 atom stereocenters. The zero-order valence-corrected chi connectivity index (χ0v) is 7.85. The molecule has 0 aromatic rings. The summed E-state index contributed by atoms with van der Waals surface area (Å²) in [5.74, 6) is 0.0316. The first-order valence-electron chi connectivity index (χ1n) is 4.06. The average Bonchev–Trinajstić information content (AvgIpc) is 1.87. The van der Waals surface area contributed by atoms with Gasteiger partial charge in [0.15, 0.2) is 0 Å². The predicted octanol–water partition coefficient (Wildman–Crippen LogP) is 0.810. The molecule has 1 N–H and O–H groups in total. The van der Waals surface area contributed by atoms with Gasteiger partial charge in [0.25, 0.3) is 0 Å². The van der Waals surface area contributed by atoms with E-state index in [0.29, 0.717) is 12.7 Å². The van der Waals surface area contributed by atoms with Crippen LogP contribution in [0.4, 0.5) is 0 Å². The largest absolute Gasteiger partial charge is 0.344 e. The highest BCUT2D eigenvalue weighted by atomic mass is 16.1. The maximum Gasteiger partial charge on any atom is 0.217 e. The first-order chi connectivity index (χ1) is 5.07. The van der Waals surface area contributed by atoms with Crippen molar-refractivity contribution in [3.05, 3.63) is 0 Å². The van der Waals surface area contributed by atoms with Crippen molar-refractivity contribution < 1.29 is 4.79 Å². The summed E-state index contributed by atoms with van der Waals surface area (Å²) in [6.07, 6.45) is 0. The van der Waals surface area contributed by atoms with Crippen LogP contribution in [0.3, 0.4) is 0 Å². The van der Waals surface area contributed by atoms with Crippen LogP contribution in [0.1, 0.15) is 27.7 Å². The molecule has 0 fully saturated rings. The number of hydrogen-bond acceptors (Lipinski definition) is 2. The summed E-state index contributed by atoms with van der Waals surface area (Å²) in [4.78, 5) is 12.7. The van der Waals surface area contributed by atoms with Gasteiger partial charge in [-0.15, -0.1) is 0 Å². The van der Waals surface area contributed by atoms with Crippen molar-refractivity contribution in [3.63, 3.8) is 0 Å². The zero-order valence-electron chi connectivity index (χ0n) is 7.85. The van der Waals surface area contributed by atoms with Gasteiger partial charge in [-0.25, -0.2) is 0 Å². The number of amides is 1. The Morgan fingerprint density at radius 3 is 2.36 bits per heavy atom. The molecule has 0 aliphatic carbocycles. The summed E-state index contributed by atoms with van der Waals surface area (Å²) in [5.41, 5.74) is 0. The van der Waals surface area contributed by atoms with Gasteiger partial charge < -0.3 is 5.32 Å². The Hall–Kier alpha value is -0.570. The Morgan fingerprint density at radius 2 is 2.09 bits per heavy atom. The van der Waals surface area contributed by atoms with Crippen LogP contribution in [-0.2, 0) is 4.79 Å². The molecule has 0 rings (SSSR count). The van der Waals surface area contributed by atoms with E-state index < -0.39 is 0 Å². The van der Waals surface area contributed by atoms with Gasteiger partial charge in [-0.05, 0) is 20.4 Å². The molecule has 0 aliphatic rings. The van der Waals surface area contributed by atoms with Crippen LogP contribution in [0.5, 0.6) is 0 Å². The number of nitrogens with zero attached hydrogens (tertiary/aromatic N) is 1. The molecule has 1 amide bonds. The summed E-state index contributed by atoms with van der Waals surface area (Å²) >= 11 is 0. The fourth-order valence-corrected chi connectivity index (χ4v) is 0.872. The second-order valence-electron chi connectivity index (χ2n) is 2.89. The van der Waals surface area contributed by atoms with E-state index in [2.05, 4.69) is 31.0 Å². The van der Waals surface area contributed by atoms with E-state index in [9.17, 15) is 4.79 Å². The molecular formula is C8H18N2O. The molecule has 3 heteroatoms. The van der Waals surface area contributed by atoms with Crippen molar-refractivity contribution in [3.8, 4) is 0 Å². The average molecular weight is 158 g/mol. The second kappa shape index (κ2) is 5.13. The predicted molar refractivity (Wildman–Crippen MR) is 46.2 cm³/mol.